The molecule has 2 N–H and O–H groups in total. The molecule has 1 heterocycles. The van der Waals surface area contributed by atoms with E-state index in [2.05, 4.69) is 13.6 Å². The molecule has 0 saturated carbocycles. The fourth-order valence-electron chi connectivity index (χ4n) is 1.70. The van der Waals surface area contributed by atoms with Crippen LogP contribution in [0, 0.1) is 0 Å². The summed E-state index contributed by atoms with van der Waals surface area (Å²) < 4.78 is 51.1. The highest BCUT2D eigenvalue weighted by Gasteiger charge is 2.47. The van der Waals surface area contributed by atoms with Crippen LogP contribution < -0.4 is 0 Å². The molecule has 1 aliphatic heterocycles. The lowest BCUT2D eigenvalue weighted by Crippen LogP contribution is -2.38. The largest absolute Gasteiger partial charge is 0.472 e. The summed E-state index contributed by atoms with van der Waals surface area (Å²) in [5.41, 5.74) is 0. The fourth-order valence-corrected chi connectivity index (χ4v) is 2.79. The van der Waals surface area contributed by atoms with E-state index in [-0.39, 0.29) is 0 Å². The van der Waals surface area contributed by atoms with Gasteiger partial charge in [0.2, 0.25) is 0 Å². The predicted molar refractivity (Wildman–Crippen MR) is 69.7 cm³/mol. The topological polar surface area (TPSA) is 130 Å². The average Bonchev–Trinajstić information content (AvgIpc) is 2.71. The molecule has 0 bridgehead atoms. The van der Waals surface area contributed by atoms with Gasteiger partial charge in [0, 0.05) is 27.3 Å². The van der Waals surface area contributed by atoms with Gasteiger partial charge in [0.1, 0.15) is 26.2 Å². The molecule has 1 rings (SSSR count). The normalized spacial score (nSPS) is 35.3. The van der Waals surface area contributed by atoms with Crippen molar-refractivity contribution in [3.63, 3.8) is 0 Å². The van der Waals surface area contributed by atoms with E-state index in [4.69, 9.17) is 26.7 Å². The van der Waals surface area contributed by atoms with Crippen molar-refractivity contribution >= 4 is 23.5 Å². The Kier molecular flexibility index (Phi) is 7.02. The van der Waals surface area contributed by atoms with Crippen LogP contribution in [0.5, 0.6) is 0 Å². The molecule has 13 heteroatoms. The Balaban J connectivity index is 2.80. The molecular formula is C8H17BO10P2. The molecule has 1 aliphatic rings. The van der Waals surface area contributed by atoms with Crippen LogP contribution in [0.2, 0.25) is 0 Å². The van der Waals surface area contributed by atoms with Crippen molar-refractivity contribution < 1.29 is 46.5 Å². The maximum atomic E-state index is 11.5. The van der Waals surface area contributed by atoms with Crippen molar-refractivity contribution in [3.8, 4) is 0 Å². The van der Waals surface area contributed by atoms with E-state index in [0.717, 1.165) is 14.2 Å². The van der Waals surface area contributed by atoms with Crippen LogP contribution in [0.3, 0.4) is 0 Å². The van der Waals surface area contributed by atoms with Crippen molar-refractivity contribution in [2.24, 2.45) is 0 Å². The third-order valence-corrected chi connectivity index (χ3v) is 4.64. The first kappa shape index (κ1) is 19.3. The first-order chi connectivity index (χ1) is 9.65. The monoisotopic (exact) mass is 346 g/mol. The van der Waals surface area contributed by atoms with E-state index < -0.39 is 46.6 Å². The lowest BCUT2D eigenvalue weighted by atomic mass is 9.93. The summed E-state index contributed by atoms with van der Waals surface area (Å²) in [5, 5.41) is 0. The molecular weight excluding hydrogens is 329 g/mol. The molecule has 0 aromatic heterocycles. The maximum Gasteiger partial charge on any atom is 0.472 e. The van der Waals surface area contributed by atoms with Crippen LogP contribution in [0.15, 0.2) is 0 Å². The lowest BCUT2D eigenvalue weighted by Gasteiger charge is -2.24. The molecule has 1 saturated heterocycles. The summed E-state index contributed by atoms with van der Waals surface area (Å²) in [4.78, 5) is 18.5. The van der Waals surface area contributed by atoms with Gasteiger partial charge in [-0.15, -0.1) is 0 Å². The minimum absolute atomic E-state index is 0.469. The van der Waals surface area contributed by atoms with E-state index >= 15 is 0 Å². The molecule has 122 valence electrons. The first-order valence-corrected chi connectivity index (χ1v) is 8.68. The second-order valence-electron chi connectivity index (χ2n) is 4.01. The number of methoxy groups -OCH3 is 1. The molecule has 3 unspecified atom stereocenters. The predicted octanol–water partition coefficient (Wildman–Crippen LogP) is -0.210. The zero-order valence-electron chi connectivity index (χ0n) is 11.6. The van der Waals surface area contributed by atoms with Crippen molar-refractivity contribution in [3.05, 3.63) is 0 Å². The molecule has 2 radical (unpaired) electrons. The summed E-state index contributed by atoms with van der Waals surface area (Å²) in [6.45, 7) is -0.469. The van der Waals surface area contributed by atoms with Crippen molar-refractivity contribution in [1.82, 2.24) is 0 Å². The fraction of sp³-hybridized carbons (Fsp3) is 1.00. The molecule has 10 nitrogen and oxygen atoms in total. The zero-order chi connectivity index (χ0) is 16.3. The molecule has 0 aliphatic carbocycles. The van der Waals surface area contributed by atoms with E-state index in [9.17, 15) is 14.0 Å². The molecule has 0 amide bonds. The van der Waals surface area contributed by atoms with Gasteiger partial charge in [-0.25, -0.2) is 9.13 Å². The van der Waals surface area contributed by atoms with Gasteiger partial charge in [-0.2, -0.15) is 0 Å². The molecule has 6 atom stereocenters. The summed E-state index contributed by atoms with van der Waals surface area (Å²) >= 11 is 0. The number of phosphoric acid groups is 2. The van der Waals surface area contributed by atoms with Gasteiger partial charge in [-0.1, -0.05) is 0 Å². The Hall–Kier alpha value is 0.205. The Morgan fingerprint density at radius 2 is 1.67 bits per heavy atom. The number of hydrogen-bond donors (Lipinski definition) is 2. The van der Waals surface area contributed by atoms with Gasteiger partial charge in [0.15, 0.2) is 0 Å². The Labute approximate surface area is 123 Å². The second kappa shape index (κ2) is 7.65. The van der Waals surface area contributed by atoms with Crippen molar-refractivity contribution in [2.75, 3.05) is 27.9 Å². The number of phosphoric ester groups is 2. The van der Waals surface area contributed by atoms with Crippen LogP contribution in [0.25, 0.3) is 0 Å². The smallest absolute Gasteiger partial charge is 0.377 e. The first-order valence-electron chi connectivity index (χ1n) is 5.69. The molecule has 0 aromatic rings. The van der Waals surface area contributed by atoms with E-state index in [1.807, 2.05) is 0 Å². The van der Waals surface area contributed by atoms with Gasteiger partial charge in [-0.05, 0) is 0 Å². The third kappa shape index (κ3) is 5.40. The van der Waals surface area contributed by atoms with Gasteiger partial charge in [0.25, 0.3) is 0 Å². The molecule has 0 aromatic carbocycles. The van der Waals surface area contributed by atoms with Gasteiger partial charge in [-0.3, -0.25) is 18.1 Å². The van der Waals surface area contributed by atoms with Crippen LogP contribution in [0.4, 0.5) is 0 Å². The number of rotatable bonds is 8. The highest BCUT2D eigenvalue weighted by molar-refractivity contribution is 7.47. The lowest BCUT2D eigenvalue weighted by molar-refractivity contribution is -0.0170. The minimum atomic E-state index is -4.34. The highest BCUT2D eigenvalue weighted by Crippen LogP contribution is 2.48. The Morgan fingerprint density at radius 3 is 2.14 bits per heavy atom. The van der Waals surface area contributed by atoms with Gasteiger partial charge >= 0.3 is 15.6 Å². The molecule has 1 fully saturated rings. The standard InChI is InChI=1S/C8H17BO10P2/c1-14-7-6(19-21(12,13)16-3)5(18-8(7)9)4-17-20(10,11)15-2/h5-8H,4H2,1-3H3,(H,10,11)(H,12,13)/t5-,6?,7+,8-/m1/s1. The van der Waals surface area contributed by atoms with Crippen LogP contribution in [-0.4, -0.2) is 69.9 Å². The quantitative estimate of drug-likeness (QED) is 0.450. The number of hydrogen-bond acceptors (Lipinski definition) is 8. The van der Waals surface area contributed by atoms with Gasteiger partial charge in [0.05, 0.1) is 6.61 Å². The third-order valence-electron chi connectivity index (χ3n) is 2.74. The molecule has 21 heavy (non-hydrogen) atoms. The maximum absolute atomic E-state index is 11.5. The summed E-state index contributed by atoms with van der Waals surface area (Å²) in [7, 11) is 0.334. The number of ether oxygens (including phenoxy) is 2. The van der Waals surface area contributed by atoms with E-state index in [1.165, 1.54) is 7.11 Å². The highest BCUT2D eigenvalue weighted by atomic mass is 31.2. The average molecular weight is 346 g/mol. The Bertz CT molecular complexity index is 433. The van der Waals surface area contributed by atoms with Crippen LogP contribution in [-0.2, 0) is 36.7 Å². The summed E-state index contributed by atoms with van der Waals surface area (Å²) in [6.07, 6.45) is -3.07. The second-order valence-corrected chi connectivity index (χ2v) is 7.08. The zero-order valence-corrected chi connectivity index (χ0v) is 13.4. The van der Waals surface area contributed by atoms with E-state index in [1.54, 1.807) is 0 Å². The van der Waals surface area contributed by atoms with E-state index in [0.29, 0.717) is 0 Å². The summed E-state index contributed by atoms with van der Waals surface area (Å²) in [6, 6.07) is -0.980. The van der Waals surface area contributed by atoms with Gasteiger partial charge < -0.3 is 19.3 Å². The van der Waals surface area contributed by atoms with Crippen LogP contribution in [0.1, 0.15) is 0 Å². The van der Waals surface area contributed by atoms with Crippen molar-refractivity contribution in [1.29, 1.82) is 0 Å². The minimum Gasteiger partial charge on any atom is -0.377 e. The van der Waals surface area contributed by atoms with Crippen molar-refractivity contribution in [2.45, 2.75) is 24.3 Å². The Morgan fingerprint density at radius 1 is 1.10 bits per heavy atom. The van der Waals surface area contributed by atoms with Crippen LogP contribution >= 0.6 is 15.6 Å². The molecule has 0 spiro atoms. The summed E-state index contributed by atoms with van der Waals surface area (Å²) in [5.74, 6) is 0. The SMILES string of the molecule is [B][C@@H]1O[C@H](COP(=O)(O)OC)C(OP(=O)(O)OC)[C@@H]1OC.